The molecule has 0 atom stereocenters. The van der Waals surface area contributed by atoms with E-state index >= 15 is 0 Å². The van der Waals surface area contributed by atoms with Crippen LogP contribution in [-0.4, -0.2) is 29.7 Å². The normalized spacial score (nSPS) is 11.4. The first kappa shape index (κ1) is 32.8. The van der Waals surface area contributed by atoms with Gasteiger partial charge >= 0.3 is 0 Å². The van der Waals surface area contributed by atoms with Crippen molar-refractivity contribution in [2.45, 2.75) is 0 Å². The van der Waals surface area contributed by atoms with E-state index in [0.29, 0.717) is 28.4 Å². The maximum atomic E-state index is 12.6. The number of fused-ring (bicyclic) bond motifs is 4. The number of hydrogen-bond acceptors (Lipinski definition) is 6. The van der Waals surface area contributed by atoms with Gasteiger partial charge in [0.2, 0.25) is 0 Å². The van der Waals surface area contributed by atoms with E-state index in [2.05, 4.69) is 48.5 Å². The van der Waals surface area contributed by atoms with Crippen LogP contribution in [0.4, 0.5) is 5.69 Å². The molecule has 56 heavy (non-hydrogen) atoms. The van der Waals surface area contributed by atoms with Crippen LogP contribution in [0.2, 0.25) is 0 Å². The van der Waals surface area contributed by atoms with Gasteiger partial charge in [-0.2, -0.15) is 5.10 Å². The molecule has 0 radical (unpaired) electrons. The summed E-state index contributed by atoms with van der Waals surface area (Å²) in [5, 5.41) is 22.2. The summed E-state index contributed by atoms with van der Waals surface area (Å²) in [6.07, 6.45) is 1.74. The minimum absolute atomic E-state index is 0.0345. The van der Waals surface area contributed by atoms with E-state index in [4.69, 9.17) is 20.1 Å². The van der Waals surface area contributed by atoms with Crippen molar-refractivity contribution >= 4 is 38.1 Å². The molecule has 0 saturated carbocycles. The van der Waals surface area contributed by atoms with Crippen LogP contribution in [0.15, 0.2) is 182 Å². The Labute approximate surface area is 321 Å². The predicted molar refractivity (Wildman–Crippen MR) is 223 cm³/mol. The molecule has 0 aliphatic carbocycles. The van der Waals surface area contributed by atoms with Crippen molar-refractivity contribution < 1.29 is 4.92 Å². The zero-order chi connectivity index (χ0) is 37.6. The quantitative estimate of drug-likeness (QED) is 0.0922. The average Bonchev–Trinajstić information content (AvgIpc) is 3.71. The molecule has 0 spiro atoms. The lowest BCUT2D eigenvalue weighted by Crippen LogP contribution is -2.00. The molecule has 10 aromatic rings. The van der Waals surface area contributed by atoms with E-state index in [0.717, 1.165) is 66.1 Å². The molecular weight excluding hydrogens is 693 g/mol. The fraction of sp³-hybridized carbons (Fsp3) is 0. The molecule has 0 N–H and O–H groups in total. The average molecular weight is 723 g/mol. The molecule has 2 aromatic heterocycles. The highest BCUT2D eigenvalue weighted by atomic mass is 16.6. The third-order valence-electron chi connectivity index (χ3n) is 10.2. The number of rotatable bonds is 7. The van der Waals surface area contributed by atoms with E-state index in [9.17, 15) is 10.1 Å². The van der Waals surface area contributed by atoms with Crippen LogP contribution in [0.3, 0.4) is 0 Å². The van der Waals surface area contributed by atoms with Crippen molar-refractivity contribution in [2.75, 3.05) is 0 Å². The Hall–Kier alpha value is -7.84. The zero-order valence-corrected chi connectivity index (χ0v) is 29.8. The van der Waals surface area contributed by atoms with Gasteiger partial charge in [-0.25, -0.2) is 19.6 Å². The van der Waals surface area contributed by atoms with Gasteiger partial charge in [0.1, 0.15) is 0 Å². The molecule has 8 nitrogen and oxygen atoms in total. The molecule has 0 aliphatic heterocycles. The van der Waals surface area contributed by atoms with Crippen LogP contribution in [-0.2, 0) is 0 Å². The SMILES string of the molecule is O=[N+]([O-])c1ccc2c(cnn2-c2cccc(-c3cccc(-c4nc(-c5ccccc5)nc(-c5ccccc5)n4)c3)c2)c1-c1cccc2ccc3ccccc3c12. The summed E-state index contributed by atoms with van der Waals surface area (Å²) in [6.45, 7) is 0. The van der Waals surface area contributed by atoms with E-state index in [1.165, 1.54) is 0 Å². The number of benzene rings is 8. The highest BCUT2D eigenvalue weighted by Gasteiger charge is 2.24. The molecule has 2 heterocycles. The van der Waals surface area contributed by atoms with E-state index in [-0.39, 0.29) is 10.6 Å². The summed E-state index contributed by atoms with van der Waals surface area (Å²) in [4.78, 5) is 27.0. The maximum Gasteiger partial charge on any atom is 0.278 e. The molecule has 0 amide bonds. The predicted octanol–water partition coefficient (Wildman–Crippen LogP) is 11.8. The van der Waals surface area contributed by atoms with Crippen LogP contribution < -0.4 is 0 Å². The maximum absolute atomic E-state index is 12.6. The number of nitro groups is 1. The first-order chi connectivity index (χ1) is 27.6. The summed E-state index contributed by atoms with van der Waals surface area (Å²) < 4.78 is 1.85. The van der Waals surface area contributed by atoms with Gasteiger partial charge in [-0.3, -0.25) is 10.1 Å². The number of aromatic nitrogens is 5. The van der Waals surface area contributed by atoms with Gasteiger partial charge in [-0.05, 0) is 62.5 Å². The summed E-state index contributed by atoms with van der Waals surface area (Å²) in [6, 6.07) is 57.8. The van der Waals surface area contributed by atoms with Crippen molar-refractivity contribution in [3.63, 3.8) is 0 Å². The van der Waals surface area contributed by atoms with Crippen LogP contribution in [0.5, 0.6) is 0 Å². The summed E-state index contributed by atoms with van der Waals surface area (Å²) in [5.41, 5.74) is 7.58. The molecule has 0 unspecified atom stereocenters. The molecule has 0 bridgehead atoms. The largest absolute Gasteiger partial charge is 0.278 e. The Balaban J connectivity index is 1.08. The molecule has 8 heteroatoms. The van der Waals surface area contributed by atoms with Crippen LogP contribution in [0.1, 0.15) is 0 Å². The van der Waals surface area contributed by atoms with Crippen molar-refractivity contribution in [1.82, 2.24) is 24.7 Å². The Morgan fingerprint density at radius 1 is 0.482 bits per heavy atom. The molecule has 10 rings (SSSR count). The minimum atomic E-state index is -0.304. The topological polar surface area (TPSA) is 99.6 Å². The summed E-state index contributed by atoms with van der Waals surface area (Å²) in [5.74, 6) is 1.77. The first-order valence-electron chi connectivity index (χ1n) is 18.2. The van der Waals surface area contributed by atoms with Gasteiger partial charge in [0, 0.05) is 28.1 Å². The Morgan fingerprint density at radius 2 is 1.05 bits per heavy atom. The van der Waals surface area contributed by atoms with Gasteiger partial charge in [-0.1, -0.05) is 146 Å². The molecule has 8 aromatic carbocycles. The fourth-order valence-electron chi connectivity index (χ4n) is 7.59. The van der Waals surface area contributed by atoms with Crippen LogP contribution >= 0.6 is 0 Å². The van der Waals surface area contributed by atoms with Crippen molar-refractivity contribution in [3.05, 3.63) is 192 Å². The number of nitro benzene ring substituents is 1. The zero-order valence-electron chi connectivity index (χ0n) is 29.8. The van der Waals surface area contributed by atoms with E-state index in [1.54, 1.807) is 18.3 Å². The Morgan fingerprint density at radius 3 is 1.79 bits per heavy atom. The monoisotopic (exact) mass is 722 g/mol. The van der Waals surface area contributed by atoms with Gasteiger partial charge in [0.05, 0.1) is 27.9 Å². The second-order valence-electron chi connectivity index (χ2n) is 13.6. The fourth-order valence-corrected chi connectivity index (χ4v) is 7.59. The summed E-state index contributed by atoms with van der Waals surface area (Å²) >= 11 is 0. The minimum Gasteiger partial charge on any atom is -0.258 e. The lowest BCUT2D eigenvalue weighted by atomic mass is 9.91. The first-order valence-corrected chi connectivity index (χ1v) is 18.2. The van der Waals surface area contributed by atoms with Gasteiger partial charge in [0.25, 0.3) is 5.69 Å². The number of hydrogen-bond donors (Lipinski definition) is 0. The number of nitrogens with zero attached hydrogens (tertiary/aromatic N) is 6. The second-order valence-corrected chi connectivity index (χ2v) is 13.6. The Kier molecular flexibility index (Phi) is 7.92. The van der Waals surface area contributed by atoms with E-state index < -0.39 is 0 Å². The molecule has 0 aliphatic rings. The van der Waals surface area contributed by atoms with Gasteiger partial charge < -0.3 is 0 Å². The lowest BCUT2D eigenvalue weighted by molar-refractivity contribution is -0.384. The Bertz CT molecular complexity index is 3070. The standard InChI is InChI=1S/C48H30N6O2/c55-54(56)43-27-26-42-41(45(43)40-23-11-17-32-25-24-31-12-7-8-22-39(31)44(32)40)30-49-53(42)38-21-10-19-36(29-38)35-18-9-20-37(28-35)48-51-46(33-13-3-1-4-14-33)50-47(52-48)34-15-5-2-6-16-34/h1-30H. The molecule has 264 valence electrons. The highest BCUT2D eigenvalue weighted by Crippen LogP contribution is 2.43. The van der Waals surface area contributed by atoms with Crippen LogP contribution in [0, 0.1) is 10.1 Å². The smallest absolute Gasteiger partial charge is 0.258 e. The third kappa shape index (κ3) is 5.73. The van der Waals surface area contributed by atoms with Crippen LogP contribution in [0.25, 0.3) is 94.6 Å². The lowest BCUT2D eigenvalue weighted by Gasteiger charge is -2.13. The second kappa shape index (κ2) is 13.5. The van der Waals surface area contributed by atoms with Gasteiger partial charge in [0.15, 0.2) is 17.5 Å². The molecular formula is C48H30N6O2. The highest BCUT2D eigenvalue weighted by molar-refractivity contribution is 6.17. The third-order valence-corrected chi connectivity index (χ3v) is 10.2. The molecule has 0 fully saturated rings. The summed E-state index contributed by atoms with van der Waals surface area (Å²) in [7, 11) is 0. The van der Waals surface area contributed by atoms with E-state index in [1.807, 2.05) is 120 Å². The van der Waals surface area contributed by atoms with Crippen molar-refractivity contribution in [3.8, 4) is 62.1 Å². The van der Waals surface area contributed by atoms with Gasteiger partial charge in [-0.15, -0.1) is 0 Å². The van der Waals surface area contributed by atoms with Crippen molar-refractivity contribution in [2.24, 2.45) is 0 Å². The molecule has 0 saturated heterocycles. The van der Waals surface area contributed by atoms with Crippen molar-refractivity contribution in [1.29, 1.82) is 0 Å².